The standard InChI is InChI=1S/C14H27NO5/c1-13(18,7-8-20-2)9-15-10-14(19)5-3-11(4-6-14)12(16)17/h11,15,18-19H,3-10H2,1-2H3,(H,16,17). The van der Waals surface area contributed by atoms with Crippen LogP contribution < -0.4 is 5.32 Å². The van der Waals surface area contributed by atoms with Gasteiger partial charge in [-0.3, -0.25) is 4.79 Å². The van der Waals surface area contributed by atoms with Gasteiger partial charge in [-0.15, -0.1) is 0 Å². The Bertz CT molecular complexity index is 311. The smallest absolute Gasteiger partial charge is 0.306 e. The second kappa shape index (κ2) is 7.36. The largest absolute Gasteiger partial charge is 0.481 e. The molecule has 0 radical (unpaired) electrons. The van der Waals surface area contributed by atoms with Gasteiger partial charge in [0.2, 0.25) is 0 Å². The van der Waals surface area contributed by atoms with Crippen molar-refractivity contribution in [2.24, 2.45) is 5.92 Å². The number of hydrogen-bond donors (Lipinski definition) is 4. The number of ether oxygens (including phenoxy) is 1. The number of hydrogen-bond acceptors (Lipinski definition) is 5. The Morgan fingerprint density at radius 2 is 2.05 bits per heavy atom. The number of carboxylic acids is 1. The van der Waals surface area contributed by atoms with Gasteiger partial charge in [0.05, 0.1) is 17.1 Å². The van der Waals surface area contributed by atoms with Gasteiger partial charge < -0.3 is 25.4 Å². The Balaban J connectivity index is 2.29. The lowest BCUT2D eigenvalue weighted by Crippen LogP contribution is -2.48. The second-order valence-electron chi connectivity index (χ2n) is 6.18. The molecule has 1 aliphatic carbocycles. The van der Waals surface area contributed by atoms with Crippen LogP contribution in [0.4, 0.5) is 0 Å². The van der Waals surface area contributed by atoms with E-state index in [2.05, 4.69) is 5.32 Å². The van der Waals surface area contributed by atoms with E-state index in [1.54, 1.807) is 14.0 Å². The van der Waals surface area contributed by atoms with Gasteiger partial charge in [-0.25, -0.2) is 0 Å². The molecule has 6 nitrogen and oxygen atoms in total. The van der Waals surface area contributed by atoms with Gasteiger partial charge in [-0.05, 0) is 32.6 Å². The van der Waals surface area contributed by atoms with E-state index in [1.807, 2.05) is 0 Å². The molecule has 1 unspecified atom stereocenters. The van der Waals surface area contributed by atoms with Crippen LogP contribution in [-0.4, -0.2) is 59.3 Å². The fraction of sp³-hybridized carbons (Fsp3) is 0.929. The van der Waals surface area contributed by atoms with E-state index in [9.17, 15) is 15.0 Å². The topological polar surface area (TPSA) is 99.0 Å². The average molecular weight is 289 g/mol. The first kappa shape index (κ1) is 17.4. The summed E-state index contributed by atoms with van der Waals surface area (Å²) in [6.45, 7) is 2.97. The highest BCUT2D eigenvalue weighted by Crippen LogP contribution is 2.31. The van der Waals surface area contributed by atoms with Crippen LogP contribution in [0.1, 0.15) is 39.0 Å². The summed E-state index contributed by atoms with van der Waals surface area (Å²) in [5, 5.41) is 32.5. The summed E-state index contributed by atoms with van der Waals surface area (Å²) in [4.78, 5) is 10.9. The molecule has 0 heterocycles. The summed E-state index contributed by atoms with van der Waals surface area (Å²) in [5.41, 5.74) is -1.73. The Hall–Kier alpha value is -0.690. The third-order valence-electron chi connectivity index (χ3n) is 4.07. The van der Waals surface area contributed by atoms with Crippen LogP contribution in [0.3, 0.4) is 0 Å². The van der Waals surface area contributed by atoms with Crippen molar-refractivity contribution in [2.45, 2.75) is 50.2 Å². The minimum absolute atomic E-state index is 0.333. The molecule has 0 aromatic rings. The summed E-state index contributed by atoms with van der Waals surface area (Å²) in [7, 11) is 1.59. The van der Waals surface area contributed by atoms with Gasteiger partial charge >= 0.3 is 5.97 Å². The molecule has 1 fully saturated rings. The minimum atomic E-state index is -0.870. The lowest BCUT2D eigenvalue weighted by atomic mass is 9.78. The molecule has 6 heteroatoms. The maximum Gasteiger partial charge on any atom is 0.306 e. The molecule has 1 aliphatic rings. The van der Waals surface area contributed by atoms with Crippen molar-refractivity contribution in [3.8, 4) is 0 Å². The van der Waals surface area contributed by atoms with Crippen molar-refractivity contribution in [2.75, 3.05) is 26.8 Å². The van der Waals surface area contributed by atoms with Crippen molar-refractivity contribution < 1.29 is 24.9 Å². The number of carboxylic acid groups (broad SMARTS) is 1. The second-order valence-corrected chi connectivity index (χ2v) is 6.18. The molecular formula is C14H27NO5. The summed E-state index contributed by atoms with van der Waals surface area (Å²) in [5.74, 6) is -1.11. The van der Waals surface area contributed by atoms with Crippen LogP contribution in [0.25, 0.3) is 0 Å². The predicted molar refractivity (Wildman–Crippen MR) is 74.5 cm³/mol. The van der Waals surface area contributed by atoms with E-state index in [0.29, 0.717) is 51.8 Å². The monoisotopic (exact) mass is 289 g/mol. The molecule has 0 aliphatic heterocycles. The zero-order valence-corrected chi connectivity index (χ0v) is 12.4. The molecular weight excluding hydrogens is 262 g/mol. The molecule has 1 saturated carbocycles. The van der Waals surface area contributed by atoms with Crippen LogP contribution >= 0.6 is 0 Å². The fourth-order valence-electron chi connectivity index (χ4n) is 2.55. The van der Waals surface area contributed by atoms with Gasteiger partial charge in [0.25, 0.3) is 0 Å². The predicted octanol–water partition coefficient (Wildman–Crippen LogP) is 0.369. The first-order valence-electron chi connectivity index (χ1n) is 7.15. The van der Waals surface area contributed by atoms with E-state index in [0.717, 1.165) is 0 Å². The maximum atomic E-state index is 10.9. The number of aliphatic carboxylic acids is 1. The molecule has 0 amide bonds. The van der Waals surface area contributed by atoms with E-state index >= 15 is 0 Å². The first-order valence-corrected chi connectivity index (χ1v) is 7.15. The summed E-state index contributed by atoms with van der Waals surface area (Å²) < 4.78 is 4.94. The molecule has 0 spiro atoms. The van der Waals surface area contributed by atoms with Crippen LogP contribution in [-0.2, 0) is 9.53 Å². The molecule has 118 valence electrons. The summed E-state index contributed by atoms with van der Waals surface area (Å²) in [6.07, 6.45) is 2.51. The lowest BCUT2D eigenvalue weighted by molar-refractivity contribution is -0.144. The zero-order chi connectivity index (χ0) is 15.2. The van der Waals surface area contributed by atoms with Crippen molar-refractivity contribution in [1.82, 2.24) is 5.32 Å². The molecule has 1 atom stereocenters. The quantitative estimate of drug-likeness (QED) is 0.515. The number of methoxy groups -OCH3 is 1. The Morgan fingerprint density at radius 3 is 2.55 bits per heavy atom. The van der Waals surface area contributed by atoms with Crippen molar-refractivity contribution in [3.05, 3.63) is 0 Å². The van der Waals surface area contributed by atoms with Gasteiger partial charge in [-0.1, -0.05) is 0 Å². The number of carbonyl (C=O) groups is 1. The average Bonchev–Trinajstić information content (AvgIpc) is 2.36. The van der Waals surface area contributed by atoms with Crippen molar-refractivity contribution in [3.63, 3.8) is 0 Å². The highest BCUT2D eigenvalue weighted by molar-refractivity contribution is 5.70. The lowest BCUT2D eigenvalue weighted by Gasteiger charge is -2.35. The Labute approximate surface area is 120 Å². The fourth-order valence-corrected chi connectivity index (χ4v) is 2.55. The van der Waals surface area contributed by atoms with Crippen molar-refractivity contribution >= 4 is 5.97 Å². The summed E-state index contributed by atoms with van der Waals surface area (Å²) >= 11 is 0. The van der Waals surface area contributed by atoms with Gasteiger partial charge in [-0.2, -0.15) is 0 Å². The highest BCUT2D eigenvalue weighted by atomic mass is 16.5. The molecule has 4 N–H and O–H groups in total. The van der Waals surface area contributed by atoms with E-state index in [4.69, 9.17) is 9.84 Å². The third-order valence-corrected chi connectivity index (χ3v) is 4.07. The Kier molecular flexibility index (Phi) is 6.39. The molecule has 20 heavy (non-hydrogen) atoms. The molecule has 1 rings (SSSR count). The van der Waals surface area contributed by atoms with Gasteiger partial charge in [0.15, 0.2) is 0 Å². The van der Waals surface area contributed by atoms with Crippen molar-refractivity contribution in [1.29, 1.82) is 0 Å². The third kappa shape index (κ3) is 5.75. The number of rotatable bonds is 8. The molecule has 0 bridgehead atoms. The zero-order valence-electron chi connectivity index (χ0n) is 12.4. The van der Waals surface area contributed by atoms with Gasteiger partial charge in [0.1, 0.15) is 0 Å². The number of nitrogens with one attached hydrogen (secondary N) is 1. The van der Waals surface area contributed by atoms with Crippen LogP contribution in [0.2, 0.25) is 0 Å². The van der Waals surface area contributed by atoms with E-state index in [1.165, 1.54) is 0 Å². The molecule has 0 saturated heterocycles. The van der Waals surface area contributed by atoms with Crippen LogP contribution in [0, 0.1) is 5.92 Å². The minimum Gasteiger partial charge on any atom is -0.481 e. The highest BCUT2D eigenvalue weighted by Gasteiger charge is 2.35. The molecule has 0 aromatic carbocycles. The summed E-state index contributed by atoms with van der Waals surface area (Å²) in [6, 6.07) is 0. The van der Waals surface area contributed by atoms with Crippen LogP contribution in [0.5, 0.6) is 0 Å². The SMILES string of the molecule is COCCC(C)(O)CNCC1(O)CCC(C(=O)O)CC1. The molecule has 0 aromatic heterocycles. The number of aliphatic hydroxyl groups is 2. The first-order chi connectivity index (χ1) is 9.28. The maximum absolute atomic E-state index is 10.9. The normalized spacial score (nSPS) is 29.9. The van der Waals surface area contributed by atoms with Crippen LogP contribution in [0.15, 0.2) is 0 Å². The van der Waals surface area contributed by atoms with E-state index in [-0.39, 0.29) is 5.92 Å². The Morgan fingerprint density at radius 1 is 1.45 bits per heavy atom. The van der Waals surface area contributed by atoms with E-state index < -0.39 is 17.2 Å². The van der Waals surface area contributed by atoms with Gasteiger partial charge in [0, 0.05) is 33.2 Å².